The van der Waals surface area contributed by atoms with Crippen LogP contribution in [-0.4, -0.2) is 33.3 Å². The number of Topliss-reactive ketones (excluding diaryl/α,β-unsaturated/α-hetero) is 1. The van der Waals surface area contributed by atoms with Crippen LogP contribution in [0.1, 0.15) is 29.8 Å². The highest BCUT2D eigenvalue weighted by Crippen LogP contribution is 2.32. The number of carbonyl (C=O) groups is 1. The number of aromatic amines is 1. The minimum Gasteiger partial charge on any atom is -0.496 e. The van der Waals surface area contributed by atoms with Gasteiger partial charge in [0.2, 0.25) is 5.16 Å². The number of thioether (sulfide) groups is 1. The maximum Gasteiger partial charge on any atom is 0.209 e. The highest BCUT2D eigenvalue weighted by atomic mass is 35.5. The van der Waals surface area contributed by atoms with Gasteiger partial charge in [-0.05, 0) is 37.1 Å². The van der Waals surface area contributed by atoms with Gasteiger partial charge in [-0.15, -0.1) is 5.10 Å². The van der Waals surface area contributed by atoms with E-state index in [1.165, 1.54) is 17.3 Å². The van der Waals surface area contributed by atoms with E-state index in [9.17, 15) is 4.79 Å². The van der Waals surface area contributed by atoms with Crippen LogP contribution < -0.4 is 4.74 Å². The molecule has 0 saturated heterocycles. The standard InChI is InChI=1S/C20H20ClN3O2S/c1-4-13-5-7-14(8-6-13)18(25)12(2)27-20-22-19(23-24-20)16-11-15(21)9-10-17(16)26-3/h5-12H,4H2,1-3H3,(H,22,23,24)/t12-/m1/s1. The van der Waals surface area contributed by atoms with Crippen LogP contribution in [0, 0.1) is 0 Å². The van der Waals surface area contributed by atoms with Crippen molar-refractivity contribution < 1.29 is 9.53 Å². The molecule has 0 amide bonds. The molecule has 1 atom stereocenters. The van der Waals surface area contributed by atoms with Gasteiger partial charge in [0.15, 0.2) is 11.6 Å². The van der Waals surface area contributed by atoms with Crippen molar-refractivity contribution in [1.29, 1.82) is 0 Å². The van der Waals surface area contributed by atoms with E-state index < -0.39 is 0 Å². The first-order chi connectivity index (χ1) is 13.0. The monoisotopic (exact) mass is 401 g/mol. The fraction of sp³-hybridized carbons (Fsp3) is 0.250. The molecule has 27 heavy (non-hydrogen) atoms. The maximum atomic E-state index is 12.6. The lowest BCUT2D eigenvalue weighted by atomic mass is 10.1. The van der Waals surface area contributed by atoms with Crippen molar-refractivity contribution in [2.45, 2.75) is 30.7 Å². The average Bonchev–Trinajstić information content (AvgIpc) is 3.15. The van der Waals surface area contributed by atoms with Gasteiger partial charge in [-0.1, -0.05) is 54.6 Å². The van der Waals surface area contributed by atoms with E-state index in [0.29, 0.717) is 27.3 Å². The molecular formula is C20H20ClN3O2S. The third-order valence-electron chi connectivity index (χ3n) is 4.18. The fourth-order valence-electron chi connectivity index (χ4n) is 2.64. The number of aryl methyl sites for hydroxylation is 1. The number of methoxy groups -OCH3 is 1. The molecule has 0 radical (unpaired) electrons. The molecule has 0 aliphatic heterocycles. The third-order valence-corrected chi connectivity index (χ3v) is 5.38. The summed E-state index contributed by atoms with van der Waals surface area (Å²) >= 11 is 7.39. The lowest BCUT2D eigenvalue weighted by Crippen LogP contribution is -2.13. The number of ketones is 1. The van der Waals surface area contributed by atoms with Crippen LogP contribution in [-0.2, 0) is 6.42 Å². The molecule has 140 valence electrons. The van der Waals surface area contributed by atoms with E-state index in [2.05, 4.69) is 22.1 Å². The number of carbonyl (C=O) groups excluding carboxylic acids is 1. The summed E-state index contributed by atoms with van der Waals surface area (Å²) in [5.74, 6) is 1.24. The average molecular weight is 402 g/mol. The molecule has 0 saturated carbocycles. The van der Waals surface area contributed by atoms with Crippen molar-refractivity contribution in [3.05, 3.63) is 58.6 Å². The van der Waals surface area contributed by atoms with Gasteiger partial charge in [0.1, 0.15) is 5.75 Å². The Hall–Kier alpha value is -2.31. The van der Waals surface area contributed by atoms with Crippen molar-refractivity contribution >= 4 is 29.1 Å². The first-order valence-corrected chi connectivity index (χ1v) is 9.83. The molecule has 0 unspecified atom stereocenters. The summed E-state index contributed by atoms with van der Waals surface area (Å²) in [6, 6.07) is 13.0. The van der Waals surface area contributed by atoms with Gasteiger partial charge >= 0.3 is 0 Å². The van der Waals surface area contributed by atoms with E-state index >= 15 is 0 Å². The molecule has 3 aromatic rings. The van der Waals surface area contributed by atoms with Gasteiger partial charge in [-0.2, -0.15) is 0 Å². The van der Waals surface area contributed by atoms with Crippen LogP contribution in [0.2, 0.25) is 5.02 Å². The predicted octanol–water partition coefficient (Wildman–Crippen LogP) is 5.06. The van der Waals surface area contributed by atoms with Gasteiger partial charge in [-0.3, -0.25) is 9.89 Å². The summed E-state index contributed by atoms with van der Waals surface area (Å²) in [5, 5.41) is 7.88. The van der Waals surface area contributed by atoms with Crippen molar-refractivity contribution in [2.24, 2.45) is 0 Å². The first-order valence-electron chi connectivity index (χ1n) is 8.58. The molecule has 0 fully saturated rings. The summed E-state index contributed by atoms with van der Waals surface area (Å²) in [5.41, 5.74) is 2.62. The van der Waals surface area contributed by atoms with E-state index in [0.717, 1.165) is 12.0 Å². The Bertz CT molecular complexity index is 941. The molecule has 0 aliphatic carbocycles. The van der Waals surface area contributed by atoms with Crippen LogP contribution in [0.15, 0.2) is 47.6 Å². The second kappa shape index (κ2) is 8.59. The van der Waals surface area contributed by atoms with Crippen LogP contribution in [0.25, 0.3) is 11.4 Å². The number of ether oxygens (including phenoxy) is 1. The van der Waals surface area contributed by atoms with E-state index in [1.807, 2.05) is 31.2 Å². The topological polar surface area (TPSA) is 67.9 Å². The van der Waals surface area contributed by atoms with Gasteiger partial charge in [0.05, 0.1) is 17.9 Å². The molecule has 0 aliphatic rings. The number of hydrogen-bond acceptors (Lipinski definition) is 5. The highest BCUT2D eigenvalue weighted by Gasteiger charge is 2.20. The van der Waals surface area contributed by atoms with E-state index in [-0.39, 0.29) is 11.0 Å². The second-order valence-corrected chi connectivity index (χ2v) is 7.73. The SMILES string of the molecule is CCc1ccc(C(=O)[C@@H](C)Sc2n[nH]c(-c3cc(Cl)ccc3OC)n2)cc1. The minimum absolute atomic E-state index is 0.0503. The van der Waals surface area contributed by atoms with Crippen LogP contribution in [0.5, 0.6) is 5.75 Å². The summed E-state index contributed by atoms with van der Waals surface area (Å²) in [4.78, 5) is 17.1. The van der Waals surface area contributed by atoms with Crippen LogP contribution >= 0.6 is 23.4 Å². The van der Waals surface area contributed by atoms with Crippen LogP contribution in [0.3, 0.4) is 0 Å². The second-order valence-electron chi connectivity index (χ2n) is 5.99. The summed E-state index contributed by atoms with van der Waals surface area (Å²) in [6.45, 7) is 3.95. The van der Waals surface area contributed by atoms with Crippen molar-refractivity contribution in [2.75, 3.05) is 7.11 Å². The number of nitrogens with zero attached hydrogens (tertiary/aromatic N) is 2. The molecular weight excluding hydrogens is 382 g/mol. The Morgan fingerprint density at radius 1 is 1.26 bits per heavy atom. The Morgan fingerprint density at radius 3 is 2.67 bits per heavy atom. The number of H-pyrrole nitrogens is 1. The summed E-state index contributed by atoms with van der Waals surface area (Å²) in [7, 11) is 1.59. The number of hydrogen-bond donors (Lipinski definition) is 1. The lowest BCUT2D eigenvalue weighted by Gasteiger charge is -2.08. The molecule has 1 aromatic heterocycles. The van der Waals surface area contributed by atoms with E-state index in [4.69, 9.17) is 16.3 Å². The largest absolute Gasteiger partial charge is 0.496 e. The Morgan fingerprint density at radius 2 is 2.00 bits per heavy atom. The van der Waals surface area contributed by atoms with Gasteiger partial charge < -0.3 is 4.74 Å². The molecule has 1 heterocycles. The zero-order chi connectivity index (χ0) is 19.4. The zero-order valence-electron chi connectivity index (χ0n) is 15.3. The number of rotatable bonds is 7. The van der Waals surface area contributed by atoms with Crippen molar-refractivity contribution in [1.82, 2.24) is 15.2 Å². The van der Waals surface area contributed by atoms with Crippen molar-refractivity contribution in [3.63, 3.8) is 0 Å². The first kappa shape index (κ1) is 19.5. The molecule has 3 rings (SSSR count). The molecule has 1 N–H and O–H groups in total. The number of nitrogens with one attached hydrogen (secondary N) is 1. The third kappa shape index (κ3) is 4.51. The van der Waals surface area contributed by atoms with Crippen LogP contribution in [0.4, 0.5) is 0 Å². The Balaban J connectivity index is 1.75. The zero-order valence-corrected chi connectivity index (χ0v) is 16.9. The smallest absolute Gasteiger partial charge is 0.209 e. The summed E-state index contributed by atoms with van der Waals surface area (Å²) < 4.78 is 5.35. The van der Waals surface area contributed by atoms with Gasteiger partial charge in [0.25, 0.3) is 0 Å². The molecule has 5 nitrogen and oxygen atoms in total. The summed E-state index contributed by atoms with van der Waals surface area (Å²) in [6.07, 6.45) is 0.950. The van der Waals surface area contributed by atoms with E-state index in [1.54, 1.807) is 25.3 Å². The number of halogens is 1. The fourth-order valence-corrected chi connectivity index (χ4v) is 3.61. The number of aromatic nitrogens is 3. The molecule has 0 bridgehead atoms. The predicted molar refractivity (Wildman–Crippen MR) is 109 cm³/mol. The minimum atomic E-state index is -0.303. The maximum absolute atomic E-state index is 12.6. The molecule has 7 heteroatoms. The highest BCUT2D eigenvalue weighted by molar-refractivity contribution is 8.00. The van der Waals surface area contributed by atoms with Gasteiger partial charge in [-0.25, -0.2) is 4.98 Å². The molecule has 2 aromatic carbocycles. The molecule has 0 spiro atoms. The van der Waals surface area contributed by atoms with Gasteiger partial charge in [0, 0.05) is 10.6 Å². The van der Waals surface area contributed by atoms with Crippen molar-refractivity contribution in [3.8, 4) is 17.1 Å². The lowest BCUT2D eigenvalue weighted by molar-refractivity contribution is 0.0994. The normalized spacial score (nSPS) is 12.0. The quantitative estimate of drug-likeness (QED) is 0.442. The number of benzene rings is 2. The Labute approximate surface area is 167 Å². The Kier molecular flexibility index (Phi) is 6.19.